The van der Waals surface area contributed by atoms with Crippen LogP contribution in [0.1, 0.15) is 45.9 Å². The van der Waals surface area contributed by atoms with Gasteiger partial charge >= 0.3 is 0 Å². The summed E-state index contributed by atoms with van der Waals surface area (Å²) in [6, 6.07) is 8.46. The van der Waals surface area contributed by atoms with Crippen LogP contribution in [0.4, 0.5) is 0 Å². The fraction of sp³-hybridized carbons (Fsp3) is 0.389. The van der Waals surface area contributed by atoms with Gasteiger partial charge in [-0.1, -0.05) is 32.4 Å². The molecular formula is C18H24N2O3S2. The van der Waals surface area contributed by atoms with Gasteiger partial charge in [-0.15, -0.1) is 11.3 Å². The van der Waals surface area contributed by atoms with Gasteiger partial charge in [0, 0.05) is 11.4 Å². The summed E-state index contributed by atoms with van der Waals surface area (Å²) in [7, 11) is -2.06. The first kappa shape index (κ1) is 19.6. The Morgan fingerprint density at radius 1 is 1.16 bits per heavy atom. The number of thiophene rings is 1. The first-order chi connectivity index (χ1) is 11.9. The number of hydrogen-bond donors (Lipinski definition) is 2. The zero-order chi connectivity index (χ0) is 18.4. The van der Waals surface area contributed by atoms with Crippen LogP contribution in [-0.2, 0) is 29.4 Å². The van der Waals surface area contributed by atoms with Gasteiger partial charge in [0.2, 0.25) is 10.0 Å². The second kappa shape index (κ2) is 8.60. The molecule has 0 fully saturated rings. The molecule has 7 heteroatoms. The Balaban J connectivity index is 2.02. The summed E-state index contributed by atoms with van der Waals surface area (Å²) in [6.45, 7) is 4.60. The molecular weight excluding hydrogens is 356 g/mol. The van der Waals surface area contributed by atoms with Crippen LogP contribution in [0, 0.1) is 0 Å². The van der Waals surface area contributed by atoms with Crippen molar-refractivity contribution in [2.24, 2.45) is 0 Å². The average molecular weight is 381 g/mol. The topological polar surface area (TPSA) is 75.3 Å². The lowest BCUT2D eigenvalue weighted by Crippen LogP contribution is -2.22. The van der Waals surface area contributed by atoms with Crippen molar-refractivity contribution in [1.29, 1.82) is 0 Å². The maximum Gasteiger partial charge on any atom is 0.261 e. The predicted molar refractivity (Wildman–Crippen MR) is 102 cm³/mol. The molecule has 1 heterocycles. The van der Waals surface area contributed by atoms with Crippen LogP contribution in [0.5, 0.6) is 0 Å². The van der Waals surface area contributed by atoms with Crippen molar-refractivity contribution < 1.29 is 13.2 Å². The first-order valence-electron chi connectivity index (χ1n) is 8.33. The Labute approximate surface area is 153 Å². The third-order valence-electron chi connectivity index (χ3n) is 3.93. The van der Waals surface area contributed by atoms with Crippen molar-refractivity contribution in [3.63, 3.8) is 0 Å². The fourth-order valence-corrected chi connectivity index (χ4v) is 4.49. The number of aryl methyl sites for hydroxylation is 2. The highest BCUT2D eigenvalue weighted by atomic mass is 32.2. The van der Waals surface area contributed by atoms with Crippen LogP contribution in [-0.4, -0.2) is 21.4 Å². The highest BCUT2D eigenvalue weighted by molar-refractivity contribution is 7.89. The third kappa shape index (κ3) is 4.90. The summed E-state index contributed by atoms with van der Waals surface area (Å²) in [5, 5.41) is 2.90. The van der Waals surface area contributed by atoms with Crippen LogP contribution < -0.4 is 10.0 Å². The number of sulfonamides is 1. The molecule has 0 spiro atoms. The minimum absolute atomic E-state index is 0.0889. The average Bonchev–Trinajstić information content (AvgIpc) is 3.03. The summed E-state index contributed by atoms with van der Waals surface area (Å²) >= 11 is 1.56. The smallest absolute Gasteiger partial charge is 0.261 e. The summed E-state index contributed by atoms with van der Waals surface area (Å²) in [5.74, 6) is -0.0889. The van der Waals surface area contributed by atoms with Gasteiger partial charge < -0.3 is 5.32 Å². The summed E-state index contributed by atoms with van der Waals surface area (Å²) in [5.41, 5.74) is 2.10. The van der Waals surface area contributed by atoms with Gasteiger partial charge in [-0.3, -0.25) is 4.79 Å². The monoisotopic (exact) mass is 380 g/mol. The highest BCUT2D eigenvalue weighted by Gasteiger charge is 2.14. The SMILES string of the molecule is CCCc1sc(C(=O)NCc2ccc(S(=O)(=O)NC)cc2)cc1CC. The second-order valence-electron chi connectivity index (χ2n) is 5.70. The molecule has 1 aromatic heterocycles. The molecule has 0 aliphatic rings. The quantitative estimate of drug-likeness (QED) is 0.739. The highest BCUT2D eigenvalue weighted by Crippen LogP contribution is 2.24. The van der Waals surface area contributed by atoms with Gasteiger partial charge in [0.25, 0.3) is 5.91 Å². The summed E-state index contributed by atoms with van der Waals surface area (Å²) in [4.78, 5) is 14.6. The number of rotatable bonds is 8. The van der Waals surface area contributed by atoms with E-state index in [9.17, 15) is 13.2 Å². The largest absolute Gasteiger partial charge is 0.347 e. The van der Waals surface area contributed by atoms with Crippen molar-refractivity contribution in [2.75, 3.05) is 7.05 Å². The number of carbonyl (C=O) groups excluding carboxylic acids is 1. The summed E-state index contributed by atoms with van der Waals surface area (Å²) < 4.78 is 25.7. The van der Waals surface area contributed by atoms with Crippen molar-refractivity contribution in [1.82, 2.24) is 10.0 Å². The number of hydrogen-bond acceptors (Lipinski definition) is 4. The molecule has 5 nitrogen and oxygen atoms in total. The van der Waals surface area contributed by atoms with Gasteiger partial charge in [-0.25, -0.2) is 13.1 Å². The Morgan fingerprint density at radius 2 is 1.84 bits per heavy atom. The Morgan fingerprint density at radius 3 is 2.40 bits per heavy atom. The van der Waals surface area contributed by atoms with Crippen LogP contribution in [0.15, 0.2) is 35.2 Å². The van der Waals surface area contributed by atoms with Crippen LogP contribution in [0.2, 0.25) is 0 Å². The molecule has 0 saturated heterocycles. The van der Waals surface area contributed by atoms with E-state index < -0.39 is 10.0 Å². The van der Waals surface area contributed by atoms with E-state index in [1.165, 1.54) is 29.6 Å². The lowest BCUT2D eigenvalue weighted by molar-refractivity contribution is 0.0955. The molecule has 0 saturated carbocycles. The van der Waals surface area contributed by atoms with Crippen LogP contribution in [0.25, 0.3) is 0 Å². The molecule has 25 heavy (non-hydrogen) atoms. The molecule has 1 aromatic carbocycles. The van der Waals surface area contributed by atoms with Crippen molar-refractivity contribution >= 4 is 27.3 Å². The van der Waals surface area contributed by atoms with E-state index in [0.29, 0.717) is 6.54 Å². The van der Waals surface area contributed by atoms with E-state index >= 15 is 0 Å². The number of benzene rings is 1. The zero-order valence-electron chi connectivity index (χ0n) is 14.8. The van der Waals surface area contributed by atoms with Gasteiger partial charge in [0.1, 0.15) is 0 Å². The van der Waals surface area contributed by atoms with Gasteiger partial charge in [-0.2, -0.15) is 0 Å². The molecule has 0 aliphatic heterocycles. The van der Waals surface area contributed by atoms with E-state index in [2.05, 4.69) is 23.9 Å². The fourth-order valence-electron chi connectivity index (χ4n) is 2.49. The standard InChI is InChI=1S/C18H24N2O3S2/c1-4-6-16-14(5-2)11-17(24-16)18(21)20-12-13-7-9-15(10-8-13)25(22,23)19-3/h7-11,19H,4-6,12H2,1-3H3,(H,20,21). The third-order valence-corrected chi connectivity index (χ3v) is 6.60. The van der Waals surface area contributed by atoms with Gasteiger partial charge in [-0.05, 0) is 49.2 Å². The van der Waals surface area contributed by atoms with E-state index in [0.717, 1.165) is 29.7 Å². The van der Waals surface area contributed by atoms with Gasteiger partial charge in [0.15, 0.2) is 0 Å². The molecule has 136 valence electrons. The Kier molecular flexibility index (Phi) is 6.75. The zero-order valence-corrected chi connectivity index (χ0v) is 16.4. The van der Waals surface area contributed by atoms with E-state index in [1.54, 1.807) is 23.5 Å². The Bertz CT molecular complexity index is 825. The van der Waals surface area contributed by atoms with Gasteiger partial charge in [0.05, 0.1) is 9.77 Å². The van der Waals surface area contributed by atoms with Crippen LogP contribution in [0.3, 0.4) is 0 Å². The van der Waals surface area contributed by atoms with E-state index in [1.807, 2.05) is 6.07 Å². The molecule has 0 unspecified atom stereocenters. The number of amides is 1. The van der Waals surface area contributed by atoms with E-state index in [-0.39, 0.29) is 10.8 Å². The van der Waals surface area contributed by atoms with E-state index in [4.69, 9.17) is 0 Å². The van der Waals surface area contributed by atoms with Crippen molar-refractivity contribution in [3.8, 4) is 0 Å². The lowest BCUT2D eigenvalue weighted by atomic mass is 10.1. The summed E-state index contributed by atoms with van der Waals surface area (Å²) in [6.07, 6.45) is 3.00. The van der Waals surface area contributed by atoms with Crippen molar-refractivity contribution in [3.05, 3.63) is 51.2 Å². The number of nitrogens with one attached hydrogen (secondary N) is 2. The predicted octanol–water partition coefficient (Wildman–Crippen LogP) is 3.10. The molecule has 0 atom stereocenters. The minimum Gasteiger partial charge on any atom is -0.347 e. The first-order valence-corrected chi connectivity index (χ1v) is 10.6. The molecule has 0 radical (unpaired) electrons. The van der Waals surface area contributed by atoms with Crippen LogP contribution >= 0.6 is 11.3 Å². The molecule has 2 aromatic rings. The molecule has 2 rings (SSSR count). The Hall–Kier alpha value is -1.70. The minimum atomic E-state index is -3.44. The normalized spacial score (nSPS) is 11.5. The molecule has 1 amide bonds. The maximum absolute atomic E-state index is 12.4. The molecule has 2 N–H and O–H groups in total. The lowest BCUT2D eigenvalue weighted by Gasteiger charge is -2.06. The van der Waals surface area contributed by atoms with Crippen molar-refractivity contribution in [2.45, 2.75) is 44.6 Å². The molecule has 0 bridgehead atoms. The molecule has 0 aliphatic carbocycles. The maximum atomic E-state index is 12.4. The number of carbonyl (C=O) groups is 1. The second-order valence-corrected chi connectivity index (χ2v) is 8.72.